The van der Waals surface area contributed by atoms with Crippen LogP contribution in [0, 0.1) is 19.9 Å². The first kappa shape index (κ1) is 16.1. The third-order valence-electron chi connectivity index (χ3n) is 1.81. The second-order valence-electron chi connectivity index (χ2n) is 3.23. The van der Waals surface area contributed by atoms with Gasteiger partial charge in [0.25, 0.3) is 0 Å². The summed E-state index contributed by atoms with van der Waals surface area (Å²) >= 11 is 4.25. The summed E-state index contributed by atoms with van der Waals surface area (Å²) in [7, 11) is 0. The van der Waals surface area contributed by atoms with Crippen LogP contribution in [0.25, 0.3) is 0 Å². The summed E-state index contributed by atoms with van der Waals surface area (Å²) in [5, 5.41) is 0. The van der Waals surface area contributed by atoms with E-state index in [-0.39, 0.29) is 0 Å². The molecule has 0 saturated heterocycles. The molecule has 1 aromatic rings. The molecule has 0 heterocycles. The molecule has 2 nitrogen and oxygen atoms in total. The minimum absolute atomic E-state index is 0.608. The molecular formula is C12H17BrO2Zn. The zero-order valence-electron chi connectivity index (χ0n) is 10.2. The number of aryl methyl sites for hydroxylation is 2. The predicted octanol–water partition coefficient (Wildman–Crippen LogP) is 3.36. The zero-order chi connectivity index (χ0) is 12.4. The third kappa shape index (κ3) is 7.37. The fourth-order valence-electron chi connectivity index (χ4n) is 1.30. The van der Waals surface area contributed by atoms with Gasteiger partial charge in [-0.25, -0.2) is 0 Å². The fourth-order valence-corrected chi connectivity index (χ4v) is 1.30. The van der Waals surface area contributed by atoms with Gasteiger partial charge in [-0.3, -0.25) is 0 Å². The van der Waals surface area contributed by atoms with Crippen molar-refractivity contribution in [3.8, 4) is 5.75 Å². The molecule has 0 aliphatic heterocycles. The van der Waals surface area contributed by atoms with E-state index in [4.69, 9.17) is 9.47 Å². The molecule has 86 valence electrons. The van der Waals surface area contributed by atoms with Gasteiger partial charge in [-0.05, 0) is 6.92 Å². The van der Waals surface area contributed by atoms with Crippen molar-refractivity contribution in [1.29, 1.82) is 0 Å². The van der Waals surface area contributed by atoms with Gasteiger partial charge in [-0.15, -0.1) is 12.1 Å². The average molecular weight is 339 g/mol. The van der Waals surface area contributed by atoms with Crippen molar-refractivity contribution in [3.05, 3.63) is 29.3 Å². The van der Waals surface area contributed by atoms with E-state index < -0.39 is 0 Å². The van der Waals surface area contributed by atoms with E-state index >= 15 is 0 Å². The molecule has 0 N–H and O–H groups in total. The second-order valence-corrected chi connectivity index (χ2v) is 3.23. The molecule has 0 aliphatic rings. The van der Waals surface area contributed by atoms with Gasteiger partial charge in [0.15, 0.2) is 0 Å². The summed E-state index contributed by atoms with van der Waals surface area (Å²) in [6, 6.07) is 7.17. The molecule has 4 heteroatoms. The summed E-state index contributed by atoms with van der Waals surface area (Å²) in [5.74, 6) is 0.901. The van der Waals surface area contributed by atoms with Gasteiger partial charge in [0, 0.05) is 12.4 Å². The molecule has 0 unspecified atom stereocenters. The van der Waals surface area contributed by atoms with E-state index in [2.05, 4.69) is 19.7 Å². The van der Waals surface area contributed by atoms with Crippen LogP contribution >= 0.6 is 13.6 Å². The topological polar surface area (TPSA) is 18.5 Å². The van der Waals surface area contributed by atoms with Gasteiger partial charge >= 0.3 is 30.0 Å². The predicted molar refractivity (Wildman–Crippen MR) is 65.7 cm³/mol. The minimum atomic E-state index is 0.608. The number of ether oxygens (including phenoxy) is 2. The normalized spacial score (nSPS) is 9.38. The Morgan fingerprint density at radius 1 is 1.19 bits per heavy atom. The first-order valence-electron chi connectivity index (χ1n) is 5.20. The van der Waals surface area contributed by atoms with Crippen LogP contribution in [0.15, 0.2) is 12.1 Å². The number of halogens is 1. The maximum atomic E-state index is 5.52. The Hall–Kier alpha value is 0.0834. The monoisotopic (exact) mass is 336 g/mol. The van der Waals surface area contributed by atoms with Gasteiger partial charge in [-0.2, -0.15) is 17.2 Å². The molecule has 0 bridgehead atoms. The SMILES string of the molecule is CCOCCOc1cc(C)[c-]c(C)c1.[Zn+][Br]. The van der Waals surface area contributed by atoms with Crippen molar-refractivity contribution in [2.24, 2.45) is 0 Å². The van der Waals surface area contributed by atoms with E-state index in [1.165, 1.54) is 16.3 Å². The van der Waals surface area contributed by atoms with Crippen molar-refractivity contribution in [3.63, 3.8) is 0 Å². The number of hydrogen-bond acceptors (Lipinski definition) is 2. The quantitative estimate of drug-likeness (QED) is 0.466. The summed E-state index contributed by atoms with van der Waals surface area (Å²) in [6.07, 6.45) is 0. The van der Waals surface area contributed by atoms with Crippen molar-refractivity contribution < 1.29 is 25.8 Å². The van der Waals surface area contributed by atoms with Gasteiger partial charge in [0.2, 0.25) is 0 Å². The third-order valence-corrected chi connectivity index (χ3v) is 1.81. The van der Waals surface area contributed by atoms with Crippen LogP contribution in [-0.4, -0.2) is 19.8 Å². The van der Waals surface area contributed by atoms with E-state index in [0.29, 0.717) is 13.2 Å². The average Bonchev–Trinajstić information content (AvgIpc) is 2.26. The van der Waals surface area contributed by atoms with E-state index in [0.717, 1.165) is 23.5 Å². The van der Waals surface area contributed by atoms with Crippen LogP contribution in [0.2, 0.25) is 0 Å². The van der Waals surface area contributed by atoms with Gasteiger partial charge in [0.05, 0.1) is 6.61 Å². The maximum absolute atomic E-state index is 5.52. The molecule has 0 aromatic heterocycles. The van der Waals surface area contributed by atoms with Crippen molar-refractivity contribution in [2.75, 3.05) is 19.8 Å². The molecule has 1 aromatic carbocycles. The van der Waals surface area contributed by atoms with Crippen LogP contribution < -0.4 is 4.74 Å². The molecule has 0 aliphatic carbocycles. The zero-order valence-corrected chi connectivity index (χ0v) is 14.7. The van der Waals surface area contributed by atoms with Crippen molar-refractivity contribution >= 4 is 13.6 Å². The summed E-state index contributed by atoms with van der Waals surface area (Å²) < 4.78 is 10.7. The van der Waals surface area contributed by atoms with Gasteiger partial charge in [0.1, 0.15) is 6.61 Å². The Morgan fingerprint density at radius 2 is 1.75 bits per heavy atom. The molecule has 0 spiro atoms. The van der Waals surface area contributed by atoms with Crippen molar-refractivity contribution in [1.82, 2.24) is 0 Å². The first-order chi connectivity index (χ1) is 7.72. The van der Waals surface area contributed by atoms with Crippen molar-refractivity contribution in [2.45, 2.75) is 20.8 Å². The van der Waals surface area contributed by atoms with Crippen LogP contribution in [0.3, 0.4) is 0 Å². The molecule has 1 rings (SSSR count). The van der Waals surface area contributed by atoms with Gasteiger partial charge < -0.3 is 9.47 Å². The van der Waals surface area contributed by atoms with Crippen LogP contribution in [0.1, 0.15) is 18.1 Å². The molecule has 0 radical (unpaired) electrons. The van der Waals surface area contributed by atoms with Crippen LogP contribution in [0.5, 0.6) is 5.75 Å². The van der Waals surface area contributed by atoms with E-state index in [1.54, 1.807) is 0 Å². The Balaban J connectivity index is 0.00000106. The van der Waals surface area contributed by atoms with Crippen LogP contribution in [-0.2, 0) is 21.1 Å². The Kier molecular flexibility index (Phi) is 10.3. The molecule has 0 atom stereocenters. The van der Waals surface area contributed by atoms with Crippen LogP contribution in [0.4, 0.5) is 0 Å². The van der Waals surface area contributed by atoms with E-state index in [9.17, 15) is 0 Å². The van der Waals surface area contributed by atoms with Gasteiger partial charge in [-0.1, -0.05) is 13.8 Å². The molecular weight excluding hydrogens is 321 g/mol. The second kappa shape index (κ2) is 10.3. The molecule has 0 amide bonds. The summed E-state index contributed by atoms with van der Waals surface area (Å²) in [4.78, 5) is 0. The Labute approximate surface area is 115 Å². The Morgan fingerprint density at radius 3 is 2.25 bits per heavy atom. The number of hydrogen-bond donors (Lipinski definition) is 0. The molecule has 0 saturated carbocycles. The Bertz CT molecular complexity index is 272. The van der Waals surface area contributed by atoms with E-state index in [1.807, 2.05) is 32.9 Å². The standard InChI is InChI=1S/C12H17O2.BrH.Zn/c1-4-13-5-6-14-12-8-10(2)7-11(3)9-12;;/h8-9H,4-6H2,1-3H3;1H;/q-1;;+2/p-1. The molecule has 16 heavy (non-hydrogen) atoms. The summed E-state index contributed by atoms with van der Waals surface area (Å²) in [5.41, 5.74) is 2.22. The summed E-state index contributed by atoms with van der Waals surface area (Å²) in [6.45, 7) is 8.00. The molecule has 0 fully saturated rings. The fraction of sp³-hybridized carbons (Fsp3) is 0.500. The number of rotatable bonds is 5. The number of benzene rings is 1. The first-order valence-corrected chi connectivity index (χ1v) is 12.1.